The van der Waals surface area contributed by atoms with Gasteiger partial charge in [0.25, 0.3) is 0 Å². The van der Waals surface area contributed by atoms with Gasteiger partial charge >= 0.3 is 0 Å². The monoisotopic (exact) mass is 194 g/mol. The van der Waals surface area contributed by atoms with Crippen LogP contribution in [0.2, 0.25) is 0 Å². The van der Waals surface area contributed by atoms with Gasteiger partial charge in [0.15, 0.2) is 0 Å². The number of hydrogen-bond donors (Lipinski definition) is 0. The molecule has 0 amide bonds. The van der Waals surface area contributed by atoms with Crippen LogP contribution in [0.15, 0.2) is 18.2 Å². The number of rotatable bonds is 1. The molecule has 0 fully saturated rings. The van der Waals surface area contributed by atoms with Gasteiger partial charge in [0, 0.05) is 0 Å². The number of benzene rings is 1. The van der Waals surface area contributed by atoms with Crippen molar-refractivity contribution >= 4 is 0 Å². The molecule has 76 valence electrons. The molecule has 1 heterocycles. The van der Waals surface area contributed by atoms with Crippen LogP contribution in [0.25, 0.3) is 0 Å². The van der Waals surface area contributed by atoms with Crippen LogP contribution in [0, 0.1) is 11.7 Å². The third kappa shape index (κ3) is 1.74. The maximum atomic E-state index is 12.9. The largest absolute Gasteiger partial charge is 0.490 e. The molecule has 1 unspecified atom stereocenters. The summed E-state index contributed by atoms with van der Waals surface area (Å²) in [6.45, 7) is 4.30. The Kier molecular flexibility index (Phi) is 2.44. The number of aryl methyl sites for hydroxylation is 1. The van der Waals surface area contributed by atoms with Gasteiger partial charge < -0.3 is 4.74 Å². The van der Waals surface area contributed by atoms with Crippen molar-refractivity contribution in [3.8, 4) is 5.75 Å². The van der Waals surface area contributed by atoms with E-state index >= 15 is 0 Å². The molecule has 0 N–H and O–H groups in total. The van der Waals surface area contributed by atoms with Crippen molar-refractivity contribution in [2.45, 2.75) is 32.8 Å². The van der Waals surface area contributed by atoms with Crippen molar-refractivity contribution in [3.63, 3.8) is 0 Å². The lowest BCUT2D eigenvalue weighted by atomic mass is 9.96. The first-order valence-electron chi connectivity index (χ1n) is 5.12. The summed E-state index contributed by atoms with van der Waals surface area (Å²) in [7, 11) is 0. The third-order valence-electron chi connectivity index (χ3n) is 2.74. The molecule has 1 aromatic carbocycles. The van der Waals surface area contributed by atoms with Crippen molar-refractivity contribution in [2.75, 3.05) is 0 Å². The van der Waals surface area contributed by atoms with Gasteiger partial charge in [0.05, 0.1) is 0 Å². The van der Waals surface area contributed by atoms with Crippen LogP contribution < -0.4 is 4.74 Å². The zero-order valence-corrected chi connectivity index (χ0v) is 8.59. The van der Waals surface area contributed by atoms with E-state index in [-0.39, 0.29) is 11.9 Å². The van der Waals surface area contributed by atoms with Gasteiger partial charge in [0.2, 0.25) is 0 Å². The molecule has 0 aromatic heterocycles. The Morgan fingerprint density at radius 1 is 1.43 bits per heavy atom. The van der Waals surface area contributed by atoms with Crippen molar-refractivity contribution in [1.82, 2.24) is 0 Å². The average molecular weight is 194 g/mol. The highest BCUT2D eigenvalue weighted by atomic mass is 19.1. The highest BCUT2D eigenvalue weighted by Crippen LogP contribution is 2.30. The highest BCUT2D eigenvalue weighted by Gasteiger charge is 2.22. The zero-order valence-electron chi connectivity index (χ0n) is 8.59. The van der Waals surface area contributed by atoms with E-state index in [0.717, 1.165) is 24.2 Å². The smallest absolute Gasteiger partial charge is 0.123 e. The molecule has 1 aromatic rings. The molecule has 0 spiro atoms. The van der Waals surface area contributed by atoms with Crippen LogP contribution in [-0.4, -0.2) is 6.10 Å². The molecule has 1 atom stereocenters. The minimum absolute atomic E-state index is 0.171. The van der Waals surface area contributed by atoms with Gasteiger partial charge in [-0.2, -0.15) is 0 Å². The second-order valence-electron chi connectivity index (χ2n) is 4.19. The van der Waals surface area contributed by atoms with Crippen LogP contribution in [0.5, 0.6) is 5.75 Å². The molecular weight excluding hydrogens is 179 g/mol. The van der Waals surface area contributed by atoms with E-state index in [1.54, 1.807) is 12.1 Å². The number of hydrogen-bond acceptors (Lipinski definition) is 1. The van der Waals surface area contributed by atoms with Crippen LogP contribution in [0.4, 0.5) is 4.39 Å². The summed E-state index contributed by atoms with van der Waals surface area (Å²) in [4.78, 5) is 0. The number of halogens is 1. The molecule has 1 aliphatic rings. The Bertz CT molecular complexity index is 333. The Morgan fingerprint density at radius 3 is 2.93 bits per heavy atom. The van der Waals surface area contributed by atoms with Gasteiger partial charge in [-0.25, -0.2) is 4.39 Å². The summed E-state index contributed by atoms with van der Waals surface area (Å²) in [6.07, 6.45) is 2.21. The molecule has 0 saturated carbocycles. The first kappa shape index (κ1) is 9.50. The molecule has 1 aliphatic heterocycles. The summed E-state index contributed by atoms with van der Waals surface area (Å²) in [5.74, 6) is 1.21. The maximum absolute atomic E-state index is 12.9. The first-order chi connectivity index (χ1) is 6.66. The highest BCUT2D eigenvalue weighted by molar-refractivity contribution is 5.35. The van der Waals surface area contributed by atoms with Crippen molar-refractivity contribution in [1.29, 1.82) is 0 Å². The predicted molar refractivity (Wildman–Crippen MR) is 54.0 cm³/mol. The molecule has 2 heteroatoms. The van der Waals surface area contributed by atoms with E-state index in [2.05, 4.69) is 13.8 Å². The van der Waals surface area contributed by atoms with E-state index in [9.17, 15) is 4.39 Å². The zero-order chi connectivity index (χ0) is 10.1. The topological polar surface area (TPSA) is 9.23 Å². The van der Waals surface area contributed by atoms with Gasteiger partial charge in [-0.3, -0.25) is 0 Å². The normalized spacial score (nSPS) is 20.4. The van der Waals surface area contributed by atoms with E-state index in [0.29, 0.717) is 5.92 Å². The molecular formula is C12H15FO. The minimum Gasteiger partial charge on any atom is -0.490 e. The van der Waals surface area contributed by atoms with Gasteiger partial charge in [0.1, 0.15) is 17.7 Å². The van der Waals surface area contributed by atoms with Crippen LogP contribution in [0.1, 0.15) is 25.8 Å². The summed E-state index contributed by atoms with van der Waals surface area (Å²) in [5, 5.41) is 0. The summed E-state index contributed by atoms with van der Waals surface area (Å²) in [6, 6.07) is 4.77. The second kappa shape index (κ2) is 3.60. The second-order valence-corrected chi connectivity index (χ2v) is 4.19. The van der Waals surface area contributed by atoms with Crippen molar-refractivity contribution in [2.24, 2.45) is 5.92 Å². The Morgan fingerprint density at radius 2 is 2.21 bits per heavy atom. The standard InChI is InChI=1S/C12H15FO/c1-8(2)11-5-3-9-7-10(13)4-6-12(9)14-11/h4,6-8,11H,3,5H2,1-2H3. The molecule has 1 nitrogen and oxygen atoms in total. The summed E-state index contributed by atoms with van der Waals surface area (Å²) in [5.41, 5.74) is 1.00. The minimum atomic E-state index is -0.171. The summed E-state index contributed by atoms with van der Waals surface area (Å²) < 4.78 is 18.7. The SMILES string of the molecule is CC(C)C1CCc2cc(F)ccc2O1. The third-order valence-corrected chi connectivity index (χ3v) is 2.74. The fourth-order valence-corrected chi connectivity index (χ4v) is 1.85. The van der Waals surface area contributed by atoms with Gasteiger partial charge in [-0.05, 0) is 42.5 Å². The molecule has 0 aliphatic carbocycles. The van der Waals surface area contributed by atoms with Gasteiger partial charge in [-0.1, -0.05) is 13.8 Å². The van der Waals surface area contributed by atoms with E-state index < -0.39 is 0 Å². The van der Waals surface area contributed by atoms with E-state index in [1.165, 1.54) is 6.07 Å². The molecule has 0 saturated heterocycles. The predicted octanol–water partition coefficient (Wildman–Crippen LogP) is 3.18. The number of ether oxygens (including phenoxy) is 1. The van der Waals surface area contributed by atoms with Crippen LogP contribution in [-0.2, 0) is 6.42 Å². The maximum Gasteiger partial charge on any atom is 0.123 e. The first-order valence-corrected chi connectivity index (χ1v) is 5.12. The Hall–Kier alpha value is -1.05. The lowest BCUT2D eigenvalue weighted by Gasteiger charge is -2.28. The van der Waals surface area contributed by atoms with E-state index in [4.69, 9.17) is 4.74 Å². The van der Waals surface area contributed by atoms with Crippen LogP contribution >= 0.6 is 0 Å². The fourth-order valence-electron chi connectivity index (χ4n) is 1.85. The van der Waals surface area contributed by atoms with Crippen LogP contribution in [0.3, 0.4) is 0 Å². The molecule has 0 radical (unpaired) electrons. The number of fused-ring (bicyclic) bond motifs is 1. The average Bonchev–Trinajstić information content (AvgIpc) is 2.16. The van der Waals surface area contributed by atoms with Crippen molar-refractivity contribution in [3.05, 3.63) is 29.6 Å². The lowest BCUT2D eigenvalue weighted by molar-refractivity contribution is 0.127. The Balaban J connectivity index is 2.23. The fraction of sp³-hybridized carbons (Fsp3) is 0.500. The molecule has 14 heavy (non-hydrogen) atoms. The lowest BCUT2D eigenvalue weighted by Crippen LogP contribution is -2.27. The summed E-state index contributed by atoms with van der Waals surface area (Å²) >= 11 is 0. The van der Waals surface area contributed by atoms with Gasteiger partial charge in [-0.15, -0.1) is 0 Å². The van der Waals surface area contributed by atoms with Crippen molar-refractivity contribution < 1.29 is 9.13 Å². The van der Waals surface area contributed by atoms with E-state index in [1.807, 2.05) is 0 Å². The molecule has 0 bridgehead atoms. The Labute approximate surface area is 83.9 Å². The quantitative estimate of drug-likeness (QED) is 0.667. The molecule has 2 rings (SSSR count).